The van der Waals surface area contributed by atoms with E-state index in [9.17, 15) is 19.2 Å². The minimum absolute atomic E-state index is 0.0976. The Morgan fingerprint density at radius 3 is 1.25 bits per heavy atom. The van der Waals surface area contributed by atoms with Gasteiger partial charge in [-0.05, 0) is 12.8 Å². The average molecular weight is 350 g/mol. The fourth-order valence-corrected chi connectivity index (χ4v) is 1.57. The first kappa shape index (κ1) is 21.7. The molecule has 0 aliphatic heterocycles. The minimum Gasteiger partial charge on any atom is -0.481 e. The van der Waals surface area contributed by atoms with E-state index >= 15 is 0 Å². The average Bonchev–Trinajstić information content (AvgIpc) is 2.47. The smallest absolute Gasteiger partial charge is 0.322 e. The lowest BCUT2D eigenvalue weighted by Gasteiger charge is -2.16. The van der Waals surface area contributed by atoms with Crippen molar-refractivity contribution in [1.29, 1.82) is 0 Å². The van der Waals surface area contributed by atoms with E-state index in [4.69, 9.17) is 20.4 Å². The summed E-state index contributed by atoms with van der Waals surface area (Å²) in [5.41, 5.74) is 10.1. The molecule has 0 amide bonds. The van der Waals surface area contributed by atoms with Gasteiger partial charge in [0.1, 0.15) is 12.1 Å². The molecular weight excluding hydrogens is 328 g/mol. The molecule has 0 aromatic rings. The summed E-state index contributed by atoms with van der Waals surface area (Å²) in [6.45, 7) is 0.407. The number of hydrogen-bond acceptors (Lipinski definition) is 8. The van der Waals surface area contributed by atoms with Crippen LogP contribution in [0.25, 0.3) is 0 Å². The predicted octanol–water partition coefficient (Wildman–Crippen LogP) is -2.19. The Labute approximate surface area is 137 Å². The summed E-state index contributed by atoms with van der Waals surface area (Å²) in [4.78, 5) is 42.6. The third-order valence-electron chi connectivity index (χ3n) is 2.82. The van der Waals surface area contributed by atoms with E-state index < -0.39 is 36.0 Å². The van der Waals surface area contributed by atoms with Crippen molar-refractivity contribution in [1.82, 2.24) is 21.7 Å². The van der Waals surface area contributed by atoms with Crippen LogP contribution in [-0.2, 0) is 19.2 Å². The normalized spacial score (nSPS) is 13.2. The minimum atomic E-state index is -1.20. The maximum Gasteiger partial charge on any atom is 0.322 e. The highest BCUT2D eigenvalue weighted by molar-refractivity contribution is 5.75. The highest BCUT2D eigenvalue weighted by atomic mass is 16.4. The summed E-state index contributed by atoms with van der Waals surface area (Å²) < 4.78 is 0. The van der Waals surface area contributed by atoms with E-state index in [2.05, 4.69) is 21.7 Å². The molecule has 0 fully saturated rings. The van der Waals surface area contributed by atoms with Crippen LogP contribution in [0.4, 0.5) is 0 Å². The van der Waals surface area contributed by atoms with Crippen molar-refractivity contribution in [2.24, 2.45) is 0 Å². The SMILES string of the molecule is O=C(O)CC[C@H](NNCCNN[C@@H](CCC(=O)O)C(=O)O)C(=O)O. The summed E-state index contributed by atoms with van der Waals surface area (Å²) in [5, 5.41) is 34.8. The Kier molecular flexibility index (Phi) is 11.0. The number of aliphatic carboxylic acids is 4. The molecule has 0 spiro atoms. The van der Waals surface area contributed by atoms with Gasteiger partial charge in [0, 0.05) is 25.9 Å². The first-order chi connectivity index (χ1) is 11.2. The lowest BCUT2D eigenvalue weighted by molar-refractivity contribution is -0.143. The standard InChI is InChI=1S/C12H22N4O8/c17-9(18)3-1-7(11(21)22)15-13-5-6-14-16-8(12(23)24)2-4-10(19)20/h7-8,13-16H,1-6H2,(H,17,18)(H,19,20)(H,21,22)(H,23,24)/t7-,8-/m0/s1. The molecule has 0 rings (SSSR count). The molecule has 2 atom stereocenters. The van der Waals surface area contributed by atoms with Gasteiger partial charge in [0.05, 0.1) is 0 Å². The van der Waals surface area contributed by atoms with Crippen molar-refractivity contribution in [3.63, 3.8) is 0 Å². The number of nitrogens with one attached hydrogen (secondary N) is 4. The number of carboxylic acids is 4. The Hall–Kier alpha value is -2.28. The van der Waals surface area contributed by atoms with Crippen molar-refractivity contribution in [3.8, 4) is 0 Å². The van der Waals surface area contributed by atoms with Gasteiger partial charge in [-0.3, -0.25) is 30.0 Å². The Morgan fingerprint density at radius 1 is 0.667 bits per heavy atom. The molecule has 0 heterocycles. The van der Waals surface area contributed by atoms with Crippen LogP contribution in [0.5, 0.6) is 0 Å². The van der Waals surface area contributed by atoms with Gasteiger partial charge in [-0.15, -0.1) is 0 Å². The van der Waals surface area contributed by atoms with Crippen LogP contribution in [0.15, 0.2) is 0 Å². The predicted molar refractivity (Wildman–Crippen MR) is 78.9 cm³/mol. The van der Waals surface area contributed by atoms with Crippen LogP contribution in [0, 0.1) is 0 Å². The number of rotatable bonds is 15. The van der Waals surface area contributed by atoms with E-state index in [-0.39, 0.29) is 38.8 Å². The zero-order valence-electron chi connectivity index (χ0n) is 12.8. The molecule has 0 aromatic heterocycles. The third kappa shape index (κ3) is 11.3. The van der Waals surface area contributed by atoms with Crippen molar-refractivity contribution in [2.45, 2.75) is 37.8 Å². The molecule has 0 aliphatic rings. The number of carboxylic acid groups (broad SMARTS) is 4. The Balaban J connectivity index is 3.93. The number of carbonyl (C=O) groups is 4. The van der Waals surface area contributed by atoms with Crippen LogP contribution >= 0.6 is 0 Å². The van der Waals surface area contributed by atoms with E-state index in [0.29, 0.717) is 0 Å². The van der Waals surface area contributed by atoms with Crippen LogP contribution in [0.3, 0.4) is 0 Å². The molecule has 0 radical (unpaired) electrons. The van der Waals surface area contributed by atoms with E-state index in [0.717, 1.165) is 0 Å². The molecule has 24 heavy (non-hydrogen) atoms. The second kappa shape index (κ2) is 12.2. The quantitative estimate of drug-likeness (QED) is 0.117. The van der Waals surface area contributed by atoms with Gasteiger partial charge in [-0.1, -0.05) is 0 Å². The lowest BCUT2D eigenvalue weighted by atomic mass is 10.2. The molecule has 8 N–H and O–H groups in total. The second-order valence-corrected chi connectivity index (χ2v) is 4.79. The lowest BCUT2D eigenvalue weighted by Crippen LogP contribution is -2.51. The first-order valence-corrected chi connectivity index (χ1v) is 7.10. The van der Waals surface area contributed by atoms with Gasteiger partial charge >= 0.3 is 23.9 Å². The largest absolute Gasteiger partial charge is 0.481 e. The molecule has 12 nitrogen and oxygen atoms in total. The monoisotopic (exact) mass is 350 g/mol. The highest BCUT2D eigenvalue weighted by Crippen LogP contribution is 1.97. The Bertz CT molecular complexity index is 405. The zero-order valence-corrected chi connectivity index (χ0v) is 12.8. The van der Waals surface area contributed by atoms with Gasteiger partial charge in [-0.2, -0.15) is 0 Å². The van der Waals surface area contributed by atoms with Crippen molar-refractivity contribution >= 4 is 23.9 Å². The first-order valence-electron chi connectivity index (χ1n) is 7.10. The summed E-state index contributed by atoms with van der Waals surface area (Å²) in [5.74, 6) is -4.60. The summed E-state index contributed by atoms with van der Waals surface area (Å²) in [6, 6.07) is -2.15. The second-order valence-electron chi connectivity index (χ2n) is 4.79. The molecule has 138 valence electrons. The van der Waals surface area contributed by atoms with Gasteiger partial charge in [0.25, 0.3) is 0 Å². The number of hydrazine groups is 2. The molecule has 0 saturated heterocycles. The van der Waals surface area contributed by atoms with E-state index in [1.165, 1.54) is 0 Å². The molecule has 0 aliphatic carbocycles. The fourth-order valence-electron chi connectivity index (χ4n) is 1.57. The Morgan fingerprint density at radius 2 is 1.00 bits per heavy atom. The van der Waals surface area contributed by atoms with Crippen molar-refractivity contribution < 1.29 is 39.6 Å². The third-order valence-corrected chi connectivity index (χ3v) is 2.82. The zero-order chi connectivity index (χ0) is 18.5. The summed E-state index contributed by atoms with van der Waals surface area (Å²) in [7, 11) is 0. The van der Waals surface area contributed by atoms with Crippen molar-refractivity contribution in [3.05, 3.63) is 0 Å². The molecule has 12 heteroatoms. The molecule has 0 unspecified atom stereocenters. The molecule has 0 aromatic carbocycles. The molecule has 0 bridgehead atoms. The number of hydrogen-bond donors (Lipinski definition) is 8. The van der Waals surface area contributed by atoms with Gasteiger partial charge in [0.2, 0.25) is 0 Å². The van der Waals surface area contributed by atoms with Crippen LogP contribution < -0.4 is 21.7 Å². The van der Waals surface area contributed by atoms with E-state index in [1.54, 1.807) is 0 Å². The molecular formula is C12H22N4O8. The van der Waals surface area contributed by atoms with Crippen LogP contribution in [0.1, 0.15) is 25.7 Å². The van der Waals surface area contributed by atoms with Gasteiger partial charge in [-0.25, -0.2) is 10.9 Å². The van der Waals surface area contributed by atoms with Crippen molar-refractivity contribution in [2.75, 3.05) is 13.1 Å². The van der Waals surface area contributed by atoms with Crippen LogP contribution in [-0.4, -0.2) is 69.5 Å². The maximum absolute atomic E-state index is 10.9. The highest BCUT2D eigenvalue weighted by Gasteiger charge is 2.18. The fraction of sp³-hybridized carbons (Fsp3) is 0.667. The van der Waals surface area contributed by atoms with E-state index in [1.807, 2.05) is 0 Å². The maximum atomic E-state index is 10.9. The molecule has 0 saturated carbocycles. The van der Waals surface area contributed by atoms with Gasteiger partial charge < -0.3 is 20.4 Å². The van der Waals surface area contributed by atoms with Crippen LogP contribution in [0.2, 0.25) is 0 Å². The topological polar surface area (TPSA) is 197 Å². The summed E-state index contributed by atoms with van der Waals surface area (Å²) >= 11 is 0. The van der Waals surface area contributed by atoms with Gasteiger partial charge in [0.15, 0.2) is 0 Å². The summed E-state index contributed by atoms with van der Waals surface area (Å²) in [6.07, 6.45) is -0.788.